The number of hydrogen-bond acceptors (Lipinski definition) is 3. The first kappa shape index (κ1) is 12.2. The molecular weight excluding hydrogens is 233 g/mol. The molecule has 1 aromatic heterocycles. The summed E-state index contributed by atoms with van der Waals surface area (Å²) < 4.78 is 43.2. The fraction of sp³-hybridized carbons (Fsp3) is 0.545. The Hall–Kier alpha value is -1.30. The molecule has 0 radical (unpaired) electrons. The van der Waals surface area contributed by atoms with Crippen LogP contribution in [0.2, 0.25) is 0 Å². The monoisotopic (exact) mass is 246 g/mol. The highest BCUT2D eigenvalue weighted by Gasteiger charge is 2.35. The van der Waals surface area contributed by atoms with Crippen LogP contribution in [0, 0.1) is 5.92 Å². The van der Waals surface area contributed by atoms with Crippen molar-refractivity contribution < 1.29 is 17.9 Å². The van der Waals surface area contributed by atoms with Crippen molar-refractivity contribution in [2.45, 2.75) is 12.6 Å². The SMILES string of the molecule is COc1cc(C(F)(F)F)c(CC2CNC2)cn1. The molecule has 0 unspecified atom stereocenters. The Bertz CT molecular complexity index is 402. The number of rotatable bonds is 3. The molecule has 1 fully saturated rings. The summed E-state index contributed by atoms with van der Waals surface area (Å²) in [7, 11) is 1.30. The molecule has 0 saturated carbocycles. The van der Waals surface area contributed by atoms with Crippen LogP contribution < -0.4 is 10.1 Å². The van der Waals surface area contributed by atoms with Crippen LogP contribution in [0.3, 0.4) is 0 Å². The zero-order valence-corrected chi connectivity index (χ0v) is 9.34. The predicted molar refractivity (Wildman–Crippen MR) is 55.9 cm³/mol. The molecule has 0 atom stereocenters. The summed E-state index contributed by atoms with van der Waals surface area (Å²) in [4.78, 5) is 3.84. The van der Waals surface area contributed by atoms with Gasteiger partial charge in [-0.3, -0.25) is 0 Å². The summed E-state index contributed by atoms with van der Waals surface area (Å²) in [5.41, 5.74) is -0.402. The standard InChI is InChI=1S/C11H13F3N2O/c1-17-10-3-9(11(12,13)14)8(6-16-10)2-7-4-15-5-7/h3,6-7,15H,2,4-5H2,1H3. The number of methoxy groups -OCH3 is 1. The van der Waals surface area contributed by atoms with Crippen molar-refractivity contribution in [3.63, 3.8) is 0 Å². The Morgan fingerprint density at radius 1 is 1.47 bits per heavy atom. The highest BCUT2D eigenvalue weighted by atomic mass is 19.4. The van der Waals surface area contributed by atoms with E-state index in [-0.39, 0.29) is 17.4 Å². The number of nitrogens with one attached hydrogen (secondary N) is 1. The van der Waals surface area contributed by atoms with Gasteiger partial charge in [0.25, 0.3) is 0 Å². The van der Waals surface area contributed by atoms with Crippen molar-refractivity contribution in [2.24, 2.45) is 5.92 Å². The van der Waals surface area contributed by atoms with Gasteiger partial charge < -0.3 is 10.1 Å². The fourth-order valence-electron chi connectivity index (χ4n) is 1.81. The molecule has 1 saturated heterocycles. The van der Waals surface area contributed by atoms with Crippen LogP contribution in [-0.2, 0) is 12.6 Å². The van der Waals surface area contributed by atoms with E-state index in [0.717, 1.165) is 19.2 Å². The molecule has 1 N–H and O–H groups in total. The van der Waals surface area contributed by atoms with Crippen LogP contribution in [0.15, 0.2) is 12.3 Å². The predicted octanol–water partition coefficient (Wildman–Crippen LogP) is 1.87. The summed E-state index contributed by atoms with van der Waals surface area (Å²) in [5, 5.41) is 3.04. The first-order valence-corrected chi connectivity index (χ1v) is 5.31. The summed E-state index contributed by atoms with van der Waals surface area (Å²) in [5.74, 6) is 0.263. The van der Waals surface area contributed by atoms with E-state index in [1.54, 1.807) is 0 Å². The third-order valence-corrected chi connectivity index (χ3v) is 2.85. The number of pyridine rings is 1. The van der Waals surface area contributed by atoms with Gasteiger partial charge in [0.05, 0.1) is 12.7 Å². The van der Waals surface area contributed by atoms with Crippen LogP contribution in [0.4, 0.5) is 13.2 Å². The van der Waals surface area contributed by atoms with Crippen molar-refractivity contribution in [2.75, 3.05) is 20.2 Å². The zero-order valence-electron chi connectivity index (χ0n) is 9.34. The highest BCUT2D eigenvalue weighted by Crippen LogP contribution is 2.34. The molecule has 94 valence electrons. The Balaban J connectivity index is 2.28. The minimum Gasteiger partial charge on any atom is -0.481 e. The molecule has 0 spiro atoms. The van der Waals surface area contributed by atoms with Gasteiger partial charge in [0.15, 0.2) is 0 Å². The number of ether oxygens (including phenoxy) is 1. The number of nitrogens with zero attached hydrogens (tertiary/aromatic N) is 1. The van der Waals surface area contributed by atoms with Gasteiger partial charge in [-0.05, 0) is 31.0 Å². The minimum atomic E-state index is -4.36. The number of hydrogen-bond donors (Lipinski definition) is 1. The van der Waals surface area contributed by atoms with Crippen molar-refractivity contribution in [1.82, 2.24) is 10.3 Å². The molecule has 2 heterocycles. The molecule has 0 aliphatic carbocycles. The molecule has 1 aliphatic heterocycles. The number of alkyl halides is 3. The Morgan fingerprint density at radius 3 is 2.65 bits per heavy atom. The summed E-state index contributed by atoms with van der Waals surface area (Å²) in [6.07, 6.45) is -2.69. The number of aromatic nitrogens is 1. The van der Waals surface area contributed by atoms with E-state index in [9.17, 15) is 13.2 Å². The molecule has 6 heteroatoms. The van der Waals surface area contributed by atoms with Crippen LogP contribution in [0.25, 0.3) is 0 Å². The number of halogens is 3. The van der Waals surface area contributed by atoms with E-state index in [1.807, 2.05) is 0 Å². The van der Waals surface area contributed by atoms with Crippen LogP contribution >= 0.6 is 0 Å². The lowest BCUT2D eigenvalue weighted by Gasteiger charge is -2.28. The molecular formula is C11H13F3N2O. The van der Waals surface area contributed by atoms with Gasteiger partial charge in [-0.25, -0.2) is 4.98 Å². The van der Waals surface area contributed by atoms with Gasteiger partial charge in [0, 0.05) is 12.3 Å². The second-order valence-electron chi connectivity index (χ2n) is 4.11. The minimum absolute atomic E-state index is 0.00666. The van der Waals surface area contributed by atoms with Crippen LogP contribution in [-0.4, -0.2) is 25.2 Å². The Labute approximate surface area is 97.0 Å². The second kappa shape index (κ2) is 4.52. The summed E-state index contributed by atoms with van der Waals surface area (Å²) in [6, 6.07) is 0.960. The first-order chi connectivity index (χ1) is 8.00. The van der Waals surface area contributed by atoms with E-state index in [4.69, 9.17) is 4.74 Å². The van der Waals surface area contributed by atoms with Gasteiger partial charge in [0.2, 0.25) is 5.88 Å². The fourth-order valence-corrected chi connectivity index (χ4v) is 1.81. The molecule has 3 nitrogen and oxygen atoms in total. The van der Waals surface area contributed by atoms with Gasteiger partial charge >= 0.3 is 6.18 Å². The van der Waals surface area contributed by atoms with Gasteiger partial charge in [0.1, 0.15) is 0 Å². The van der Waals surface area contributed by atoms with Crippen molar-refractivity contribution in [1.29, 1.82) is 0 Å². The smallest absolute Gasteiger partial charge is 0.416 e. The van der Waals surface area contributed by atoms with E-state index in [1.165, 1.54) is 13.3 Å². The van der Waals surface area contributed by atoms with Crippen molar-refractivity contribution in [3.05, 3.63) is 23.4 Å². The molecule has 0 amide bonds. The largest absolute Gasteiger partial charge is 0.481 e. The highest BCUT2D eigenvalue weighted by molar-refractivity contribution is 5.32. The van der Waals surface area contributed by atoms with E-state index in [2.05, 4.69) is 10.3 Å². The topological polar surface area (TPSA) is 34.1 Å². The third-order valence-electron chi connectivity index (χ3n) is 2.85. The summed E-state index contributed by atoms with van der Waals surface area (Å²) in [6.45, 7) is 1.53. The van der Waals surface area contributed by atoms with Gasteiger partial charge in [-0.2, -0.15) is 13.2 Å². The second-order valence-corrected chi connectivity index (χ2v) is 4.11. The molecule has 0 aromatic carbocycles. The van der Waals surface area contributed by atoms with Gasteiger partial charge in [-0.15, -0.1) is 0 Å². The molecule has 0 bridgehead atoms. The maximum atomic E-state index is 12.8. The average Bonchev–Trinajstić information content (AvgIpc) is 2.22. The van der Waals surface area contributed by atoms with E-state index < -0.39 is 11.7 Å². The zero-order chi connectivity index (χ0) is 12.5. The van der Waals surface area contributed by atoms with Gasteiger partial charge in [-0.1, -0.05) is 0 Å². The molecule has 1 aliphatic rings. The van der Waals surface area contributed by atoms with E-state index in [0.29, 0.717) is 6.42 Å². The van der Waals surface area contributed by atoms with Crippen LogP contribution in [0.1, 0.15) is 11.1 Å². The molecule has 2 rings (SSSR count). The first-order valence-electron chi connectivity index (χ1n) is 5.31. The maximum Gasteiger partial charge on any atom is 0.416 e. The Kier molecular flexibility index (Phi) is 3.24. The lowest BCUT2D eigenvalue weighted by atomic mass is 9.92. The third kappa shape index (κ3) is 2.69. The lowest BCUT2D eigenvalue weighted by molar-refractivity contribution is -0.138. The lowest BCUT2D eigenvalue weighted by Crippen LogP contribution is -2.43. The average molecular weight is 246 g/mol. The molecule has 17 heavy (non-hydrogen) atoms. The maximum absolute atomic E-state index is 12.8. The van der Waals surface area contributed by atoms with Crippen LogP contribution in [0.5, 0.6) is 5.88 Å². The molecule has 1 aromatic rings. The Morgan fingerprint density at radius 2 is 2.18 bits per heavy atom. The normalized spacial score (nSPS) is 16.7. The van der Waals surface area contributed by atoms with Crippen molar-refractivity contribution in [3.8, 4) is 5.88 Å². The summed E-state index contributed by atoms with van der Waals surface area (Å²) >= 11 is 0. The van der Waals surface area contributed by atoms with E-state index >= 15 is 0 Å². The quantitative estimate of drug-likeness (QED) is 0.884. The van der Waals surface area contributed by atoms with Crippen molar-refractivity contribution >= 4 is 0 Å².